The van der Waals surface area contributed by atoms with E-state index in [0.29, 0.717) is 12.0 Å². The van der Waals surface area contributed by atoms with Crippen LogP contribution in [0, 0.1) is 6.42 Å². The van der Waals surface area contributed by atoms with E-state index in [4.69, 9.17) is 0 Å². The van der Waals surface area contributed by atoms with Crippen molar-refractivity contribution in [2.24, 2.45) is 0 Å². The van der Waals surface area contributed by atoms with E-state index in [1.807, 2.05) is 0 Å². The summed E-state index contributed by atoms with van der Waals surface area (Å²) >= 11 is 0. The third-order valence-electron chi connectivity index (χ3n) is 3.13. The second-order valence-electron chi connectivity index (χ2n) is 3.91. The standard InChI is InChI=1S/C12H13N/c1-3-7-11-9(5-1)10-6-2-4-8-12(10)13-11/h1,3,5,7,10,12-13H,2,4,6H2. The van der Waals surface area contributed by atoms with Gasteiger partial charge in [-0.2, -0.15) is 0 Å². The summed E-state index contributed by atoms with van der Waals surface area (Å²) in [6.07, 6.45) is 7.30. The van der Waals surface area contributed by atoms with Crippen molar-refractivity contribution in [3.8, 4) is 0 Å². The molecule has 1 saturated carbocycles. The fourth-order valence-electron chi connectivity index (χ4n) is 2.49. The van der Waals surface area contributed by atoms with Gasteiger partial charge < -0.3 is 5.32 Å². The summed E-state index contributed by atoms with van der Waals surface area (Å²) in [5.41, 5.74) is 2.83. The smallest absolute Gasteiger partial charge is 0.0399 e. The number of anilines is 1. The lowest BCUT2D eigenvalue weighted by Crippen LogP contribution is -2.24. The molecule has 2 unspecified atom stereocenters. The normalized spacial score (nSPS) is 30.5. The molecule has 1 heteroatoms. The maximum absolute atomic E-state index is 3.53. The summed E-state index contributed by atoms with van der Waals surface area (Å²) in [6, 6.07) is 9.15. The maximum Gasteiger partial charge on any atom is 0.0399 e. The molecule has 0 bridgehead atoms. The largest absolute Gasteiger partial charge is 0.381 e. The molecule has 2 radical (unpaired) electrons. The first-order chi connectivity index (χ1) is 6.45. The molecule has 0 saturated heterocycles. The SMILES string of the molecule is [C]1CCCC2c3ccccc3NC12. The van der Waals surface area contributed by atoms with E-state index in [0.717, 1.165) is 6.42 Å². The van der Waals surface area contributed by atoms with E-state index in [-0.39, 0.29) is 0 Å². The number of nitrogens with one attached hydrogen (secondary N) is 1. The highest BCUT2D eigenvalue weighted by atomic mass is 15.0. The summed E-state index contributed by atoms with van der Waals surface area (Å²) in [7, 11) is 0. The number of rotatable bonds is 0. The van der Waals surface area contributed by atoms with E-state index < -0.39 is 0 Å². The summed E-state index contributed by atoms with van der Waals surface area (Å²) < 4.78 is 0. The Labute approximate surface area is 79.2 Å². The molecule has 66 valence electrons. The van der Waals surface area contributed by atoms with Crippen LogP contribution in [0.15, 0.2) is 24.3 Å². The number of para-hydroxylation sites is 1. The topological polar surface area (TPSA) is 12.0 Å². The molecule has 1 fully saturated rings. The monoisotopic (exact) mass is 171 g/mol. The first-order valence-corrected chi connectivity index (χ1v) is 5.04. The predicted molar refractivity (Wildman–Crippen MR) is 53.7 cm³/mol. The number of fused-ring (bicyclic) bond motifs is 3. The Bertz CT molecular complexity index is 319. The Hall–Kier alpha value is -0.980. The average Bonchev–Trinajstić information content (AvgIpc) is 2.56. The van der Waals surface area contributed by atoms with Crippen molar-refractivity contribution in [1.29, 1.82) is 0 Å². The lowest BCUT2D eigenvalue weighted by molar-refractivity contribution is 0.499. The Morgan fingerprint density at radius 2 is 2.23 bits per heavy atom. The number of hydrogen-bond donors (Lipinski definition) is 1. The van der Waals surface area contributed by atoms with Crippen LogP contribution < -0.4 is 5.32 Å². The van der Waals surface area contributed by atoms with Crippen LogP contribution in [-0.2, 0) is 0 Å². The Balaban J connectivity index is 2.01. The highest BCUT2D eigenvalue weighted by Gasteiger charge is 2.33. The Kier molecular flexibility index (Phi) is 1.58. The van der Waals surface area contributed by atoms with Crippen LogP contribution in [0.1, 0.15) is 30.7 Å². The molecule has 1 heterocycles. The predicted octanol–water partition coefficient (Wildman–Crippen LogP) is 2.83. The van der Waals surface area contributed by atoms with Gasteiger partial charge in [-0.25, -0.2) is 0 Å². The molecule has 0 aromatic heterocycles. The zero-order valence-electron chi connectivity index (χ0n) is 7.59. The van der Waals surface area contributed by atoms with Gasteiger partial charge >= 0.3 is 0 Å². The van der Waals surface area contributed by atoms with Crippen LogP contribution in [0.3, 0.4) is 0 Å². The van der Waals surface area contributed by atoms with Gasteiger partial charge in [0.05, 0.1) is 0 Å². The van der Waals surface area contributed by atoms with Gasteiger partial charge in [-0.05, 0) is 24.5 Å². The first-order valence-electron chi connectivity index (χ1n) is 5.04. The molecule has 0 amide bonds. The molecule has 0 spiro atoms. The number of benzene rings is 1. The second kappa shape index (κ2) is 2.76. The van der Waals surface area contributed by atoms with Gasteiger partial charge in [0.2, 0.25) is 0 Å². The summed E-state index contributed by atoms with van der Waals surface area (Å²) in [5.74, 6) is 0.699. The van der Waals surface area contributed by atoms with E-state index in [1.165, 1.54) is 24.1 Å². The molecule has 1 aromatic rings. The lowest BCUT2D eigenvalue weighted by atomic mass is 9.83. The van der Waals surface area contributed by atoms with Gasteiger partial charge in [-0.3, -0.25) is 0 Å². The van der Waals surface area contributed by atoms with Crippen LogP contribution in [0.4, 0.5) is 5.69 Å². The fraction of sp³-hybridized carbons (Fsp3) is 0.417. The summed E-state index contributed by atoms with van der Waals surface area (Å²) in [4.78, 5) is 0. The minimum atomic E-state index is 0.492. The Morgan fingerprint density at radius 1 is 1.31 bits per heavy atom. The van der Waals surface area contributed by atoms with Crippen LogP contribution in [0.2, 0.25) is 0 Å². The first kappa shape index (κ1) is 7.43. The van der Waals surface area contributed by atoms with Crippen molar-refractivity contribution in [2.45, 2.75) is 31.2 Å². The zero-order chi connectivity index (χ0) is 8.67. The molecule has 1 aliphatic carbocycles. The van der Waals surface area contributed by atoms with Gasteiger partial charge in [-0.1, -0.05) is 24.6 Å². The summed E-state index contributed by atoms with van der Waals surface area (Å²) in [6.45, 7) is 0. The van der Waals surface area contributed by atoms with Crippen molar-refractivity contribution in [3.05, 3.63) is 36.2 Å². The molecular formula is C12H13N. The van der Waals surface area contributed by atoms with Crippen LogP contribution in [-0.4, -0.2) is 6.04 Å². The molecule has 2 aliphatic rings. The highest BCUT2D eigenvalue weighted by molar-refractivity contribution is 5.60. The highest BCUT2D eigenvalue weighted by Crippen LogP contribution is 2.42. The van der Waals surface area contributed by atoms with Crippen molar-refractivity contribution >= 4 is 5.69 Å². The number of hydrogen-bond acceptors (Lipinski definition) is 1. The van der Waals surface area contributed by atoms with Crippen molar-refractivity contribution in [2.75, 3.05) is 5.32 Å². The van der Waals surface area contributed by atoms with Gasteiger partial charge in [0.15, 0.2) is 0 Å². The minimum Gasteiger partial charge on any atom is -0.381 e. The minimum absolute atomic E-state index is 0.492. The zero-order valence-corrected chi connectivity index (χ0v) is 7.59. The maximum atomic E-state index is 3.53. The van der Waals surface area contributed by atoms with Crippen molar-refractivity contribution < 1.29 is 0 Å². The van der Waals surface area contributed by atoms with Crippen molar-refractivity contribution in [3.63, 3.8) is 0 Å². The lowest BCUT2D eigenvalue weighted by Gasteiger charge is -2.24. The molecule has 1 aromatic carbocycles. The molecule has 1 nitrogen and oxygen atoms in total. The molecular weight excluding hydrogens is 158 g/mol. The molecule has 3 rings (SSSR count). The van der Waals surface area contributed by atoms with Crippen LogP contribution in [0.5, 0.6) is 0 Å². The second-order valence-corrected chi connectivity index (χ2v) is 3.91. The quantitative estimate of drug-likeness (QED) is 0.633. The molecule has 1 aliphatic heterocycles. The van der Waals surface area contributed by atoms with Gasteiger partial charge in [0.25, 0.3) is 0 Å². The fourth-order valence-corrected chi connectivity index (χ4v) is 2.49. The van der Waals surface area contributed by atoms with E-state index in [2.05, 4.69) is 36.0 Å². The van der Waals surface area contributed by atoms with E-state index in [9.17, 15) is 0 Å². The van der Waals surface area contributed by atoms with E-state index >= 15 is 0 Å². The van der Waals surface area contributed by atoms with Crippen LogP contribution >= 0.6 is 0 Å². The summed E-state index contributed by atoms with van der Waals surface area (Å²) in [5, 5.41) is 3.53. The van der Waals surface area contributed by atoms with E-state index in [1.54, 1.807) is 0 Å². The van der Waals surface area contributed by atoms with Gasteiger partial charge in [0, 0.05) is 24.1 Å². The van der Waals surface area contributed by atoms with Crippen LogP contribution in [0.25, 0.3) is 0 Å². The van der Waals surface area contributed by atoms with Crippen molar-refractivity contribution in [1.82, 2.24) is 0 Å². The molecule has 13 heavy (non-hydrogen) atoms. The molecule has 2 atom stereocenters. The average molecular weight is 171 g/mol. The third-order valence-corrected chi connectivity index (χ3v) is 3.13. The van der Waals surface area contributed by atoms with Gasteiger partial charge in [-0.15, -0.1) is 0 Å². The third kappa shape index (κ3) is 1.06. The molecule has 1 N–H and O–H groups in total. The van der Waals surface area contributed by atoms with Gasteiger partial charge in [0.1, 0.15) is 0 Å². The Morgan fingerprint density at radius 3 is 3.23 bits per heavy atom.